The molecule has 1 heterocycles. The van der Waals surface area contributed by atoms with Crippen molar-refractivity contribution in [1.29, 1.82) is 0 Å². The van der Waals surface area contributed by atoms with Crippen LogP contribution < -0.4 is 11.1 Å². The number of nitrogens with two attached hydrogens (primary N) is 1. The highest BCUT2D eigenvalue weighted by molar-refractivity contribution is 5.75. The van der Waals surface area contributed by atoms with E-state index in [9.17, 15) is 4.79 Å². The van der Waals surface area contributed by atoms with Crippen molar-refractivity contribution in [1.82, 2.24) is 15.1 Å². The number of rotatable bonds is 4. The Balaban J connectivity index is 2.48. The van der Waals surface area contributed by atoms with Gasteiger partial charge in [0.1, 0.15) is 6.54 Å². The highest BCUT2D eigenvalue weighted by Gasteiger charge is 2.06. The molecule has 1 rings (SSSR count). The zero-order valence-electron chi connectivity index (χ0n) is 9.45. The zero-order chi connectivity index (χ0) is 11.4. The maximum Gasteiger partial charge on any atom is 0.241 e. The third-order valence-corrected chi connectivity index (χ3v) is 2.02. The Morgan fingerprint density at radius 1 is 1.67 bits per heavy atom. The van der Waals surface area contributed by atoms with Gasteiger partial charge in [0.05, 0.1) is 5.69 Å². The number of hydrogen-bond acceptors (Lipinski definition) is 3. The first-order valence-electron chi connectivity index (χ1n) is 5.02. The molecule has 1 aromatic heterocycles. The Morgan fingerprint density at radius 2 is 2.33 bits per heavy atom. The van der Waals surface area contributed by atoms with E-state index in [4.69, 9.17) is 5.73 Å². The molecular weight excluding hydrogens is 192 g/mol. The number of carbonyl (C=O) groups is 1. The Kier molecular flexibility index (Phi) is 3.85. The lowest BCUT2D eigenvalue weighted by Crippen LogP contribution is -2.37. The molecule has 1 amide bonds. The van der Waals surface area contributed by atoms with Gasteiger partial charge in [-0.1, -0.05) is 0 Å². The lowest BCUT2D eigenvalue weighted by molar-refractivity contribution is -0.121. The van der Waals surface area contributed by atoms with Crippen molar-refractivity contribution in [3.8, 4) is 0 Å². The van der Waals surface area contributed by atoms with Gasteiger partial charge in [0.15, 0.2) is 0 Å². The fourth-order valence-electron chi connectivity index (χ4n) is 1.30. The topological polar surface area (TPSA) is 72.9 Å². The van der Waals surface area contributed by atoms with E-state index in [1.165, 1.54) is 0 Å². The second kappa shape index (κ2) is 4.93. The zero-order valence-corrected chi connectivity index (χ0v) is 9.45. The average Bonchev–Trinajstić information content (AvgIpc) is 2.42. The molecule has 1 unspecified atom stereocenters. The standard InChI is InChI=1S/C10H18N4O/c1-7(11)5-12-10(15)6-14-9(3)4-8(2)13-14/h4,7H,5-6,11H2,1-3H3,(H,12,15). The summed E-state index contributed by atoms with van der Waals surface area (Å²) in [6.07, 6.45) is 0. The van der Waals surface area contributed by atoms with Crippen molar-refractivity contribution in [2.24, 2.45) is 5.73 Å². The molecule has 15 heavy (non-hydrogen) atoms. The van der Waals surface area contributed by atoms with E-state index in [1.54, 1.807) is 4.68 Å². The third-order valence-electron chi connectivity index (χ3n) is 2.02. The first-order chi connectivity index (χ1) is 6.99. The molecule has 0 saturated carbocycles. The van der Waals surface area contributed by atoms with Crippen LogP contribution in [0, 0.1) is 13.8 Å². The highest BCUT2D eigenvalue weighted by atomic mass is 16.2. The lowest BCUT2D eigenvalue weighted by atomic mass is 10.3. The van der Waals surface area contributed by atoms with Crippen LogP contribution in [0.4, 0.5) is 0 Å². The van der Waals surface area contributed by atoms with Crippen LogP contribution in [0.3, 0.4) is 0 Å². The number of amides is 1. The number of nitrogens with one attached hydrogen (secondary N) is 1. The van der Waals surface area contributed by atoms with Crippen molar-refractivity contribution >= 4 is 5.91 Å². The van der Waals surface area contributed by atoms with Crippen molar-refractivity contribution in [3.63, 3.8) is 0 Å². The average molecular weight is 210 g/mol. The van der Waals surface area contributed by atoms with E-state index < -0.39 is 0 Å². The Hall–Kier alpha value is -1.36. The molecule has 0 aliphatic carbocycles. The van der Waals surface area contributed by atoms with Gasteiger partial charge < -0.3 is 11.1 Å². The molecule has 0 fully saturated rings. The Bertz CT molecular complexity index is 343. The smallest absolute Gasteiger partial charge is 0.241 e. The third kappa shape index (κ3) is 3.71. The van der Waals surface area contributed by atoms with Gasteiger partial charge in [-0.3, -0.25) is 9.48 Å². The molecule has 5 nitrogen and oxygen atoms in total. The summed E-state index contributed by atoms with van der Waals surface area (Å²) in [6, 6.07) is 1.92. The molecule has 5 heteroatoms. The van der Waals surface area contributed by atoms with Crippen LogP contribution in [0.2, 0.25) is 0 Å². The molecule has 0 aromatic carbocycles. The van der Waals surface area contributed by atoms with Crippen LogP contribution in [0.5, 0.6) is 0 Å². The summed E-state index contributed by atoms with van der Waals surface area (Å²) in [5.74, 6) is -0.0569. The summed E-state index contributed by atoms with van der Waals surface area (Å²) in [5.41, 5.74) is 7.44. The molecule has 0 spiro atoms. The number of carbonyl (C=O) groups excluding carboxylic acids is 1. The fourth-order valence-corrected chi connectivity index (χ4v) is 1.30. The minimum absolute atomic E-state index is 0.0191. The number of hydrogen-bond donors (Lipinski definition) is 2. The second-order valence-electron chi connectivity index (χ2n) is 3.87. The van der Waals surface area contributed by atoms with E-state index in [0.717, 1.165) is 11.4 Å². The van der Waals surface area contributed by atoms with E-state index in [1.807, 2.05) is 26.8 Å². The Labute approximate surface area is 89.6 Å². The molecule has 0 aliphatic rings. The van der Waals surface area contributed by atoms with Crippen molar-refractivity contribution in [2.75, 3.05) is 6.54 Å². The molecule has 1 aromatic rings. The molecule has 3 N–H and O–H groups in total. The van der Waals surface area contributed by atoms with E-state index >= 15 is 0 Å². The van der Waals surface area contributed by atoms with Crippen LogP contribution >= 0.6 is 0 Å². The number of aryl methyl sites for hydroxylation is 2. The predicted octanol–water partition coefficient (Wildman–Crippen LogP) is -0.0367. The summed E-state index contributed by atoms with van der Waals surface area (Å²) in [4.78, 5) is 11.5. The second-order valence-corrected chi connectivity index (χ2v) is 3.87. The van der Waals surface area contributed by atoms with Gasteiger partial charge in [0, 0.05) is 18.3 Å². The first-order valence-corrected chi connectivity index (χ1v) is 5.02. The van der Waals surface area contributed by atoms with E-state index in [0.29, 0.717) is 6.54 Å². The van der Waals surface area contributed by atoms with Crippen LogP contribution in [0.1, 0.15) is 18.3 Å². The van der Waals surface area contributed by atoms with Gasteiger partial charge >= 0.3 is 0 Å². The maximum atomic E-state index is 11.5. The van der Waals surface area contributed by atoms with Crippen LogP contribution in [-0.2, 0) is 11.3 Å². The molecular formula is C10H18N4O. The maximum absolute atomic E-state index is 11.5. The van der Waals surface area contributed by atoms with Crippen LogP contribution in [-0.4, -0.2) is 28.3 Å². The lowest BCUT2D eigenvalue weighted by Gasteiger charge is -2.08. The number of aromatic nitrogens is 2. The van der Waals surface area contributed by atoms with E-state index in [2.05, 4.69) is 10.4 Å². The normalized spacial score (nSPS) is 12.5. The van der Waals surface area contributed by atoms with Gasteiger partial charge in [-0.2, -0.15) is 5.10 Å². The van der Waals surface area contributed by atoms with Crippen molar-refractivity contribution in [2.45, 2.75) is 33.4 Å². The summed E-state index contributed by atoms with van der Waals surface area (Å²) in [7, 11) is 0. The van der Waals surface area contributed by atoms with Gasteiger partial charge in [0.2, 0.25) is 5.91 Å². The highest BCUT2D eigenvalue weighted by Crippen LogP contribution is 2.00. The minimum Gasteiger partial charge on any atom is -0.353 e. The summed E-state index contributed by atoms with van der Waals surface area (Å²) >= 11 is 0. The van der Waals surface area contributed by atoms with E-state index in [-0.39, 0.29) is 18.5 Å². The largest absolute Gasteiger partial charge is 0.353 e. The first kappa shape index (κ1) is 11.7. The van der Waals surface area contributed by atoms with Gasteiger partial charge in [0.25, 0.3) is 0 Å². The monoisotopic (exact) mass is 210 g/mol. The van der Waals surface area contributed by atoms with Gasteiger partial charge in [-0.05, 0) is 26.8 Å². The predicted molar refractivity (Wildman–Crippen MR) is 58.4 cm³/mol. The molecule has 0 radical (unpaired) electrons. The summed E-state index contributed by atoms with van der Waals surface area (Å²) < 4.78 is 1.69. The molecule has 0 bridgehead atoms. The van der Waals surface area contributed by atoms with Crippen LogP contribution in [0.15, 0.2) is 6.07 Å². The fraction of sp³-hybridized carbons (Fsp3) is 0.600. The summed E-state index contributed by atoms with van der Waals surface area (Å²) in [6.45, 7) is 6.44. The minimum atomic E-state index is -0.0569. The quantitative estimate of drug-likeness (QED) is 0.732. The number of nitrogens with zero attached hydrogens (tertiary/aromatic N) is 2. The van der Waals surface area contributed by atoms with Crippen molar-refractivity contribution < 1.29 is 4.79 Å². The molecule has 1 atom stereocenters. The molecule has 84 valence electrons. The van der Waals surface area contributed by atoms with Gasteiger partial charge in [-0.25, -0.2) is 0 Å². The summed E-state index contributed by atoms with van der Waals surface area (Å²) in [5, 5.41) is 6.94. The molecule has 0 saturated heterocycles. The van der Waals surface area contributed by atoms with Crippen molar-refractivity contribution in [3.05, 3.63) is 17.5 Å². The van der Waals surface area contributed by atoms with Gasteiger partial charge in [-0.15, -0.1) is 0 Å². The molecule has 0 aliphatic heterocycles. The van der Waals surface area contributed by atoms with Crippen LogP contribution in [0.25, 0.3) is 0 Å². The Morgan fingerprint density at radius 3 is 2.80 bits per heavy atom. The SMILES string of the molecule is Cc1cc(C)n(CC(=O)NCC(C)N)n1.